The van der Waals surface area contributed by atoms with Crippen molar-refractivity contribution in [1.29, 1.82) is 0 Å². The average molecular weight is 175 g/mol. The minimum Gasteiger partial charge on any atom is -0.308 e. The fourth-order valence-corrected chi connectivity index (χ4v) is 1.28. The van der Waals surface area contributed by atoms with E-state index < -0.39 is 0 Å². The molecule has 0 radical (unpaired) electrons. The van der Waals surface area contributed by atoms with Gasteiger partial charge in [-0.2, -0.15) is 4.98 Å². The Morgan fingerprint density at radius 2 is 2.15 bits per heavy atom. The lowest BCUT2D eigenvalue weighted by atomic mass is 10.2. The van der Waals surface area contributed by atoms with Gasteiger partial charge in [0, 0.05) is 11.9 Å². The molecule has 0 spiro atoms. The first-order valence-corrected chi connectivity index (χ1v) is 4.00. The molecule has 2 aromatic heterocycles. The third-order valence-electron chi connectivity index (χ3n) is 1.88. The van der Waals surface area contributed by atoms with Gasteiger partial charge >= 0.3 is 5.69 Å². The highest BCUT2D eigenvalue weighted by Gasteiger charge is 2.01. The summed E-state index contributed by atoms with van der Waals surface area (Å²) in [5, 5.41) is 0. The molecule has 0 amide bonds. The molecule has 2 aromatic rings. The molecule has 0 aliphatic heterocycles. The van der Waals surface area contributed by atoms with E-state index in [-0.39, 0.29) is 5.69 Å². The summed E-state index contributed by atoms with van der Waals surface area (Å²) in [5.41, 5.74) is 2.85. The molecule has 0 fully saturated rings. The second-order valence-corrected chi connectivity index (χ2v) is 3.05. The summed E-state index contributed by atoms with van der Waals surface area (Å²) in [6.07, 6.45) is 1.76. The van der Waals surface area contributed by atoms with Gasteiger partial charge in [0.2, 0.25) is 0 Å². The second kappa shape index (κ2) is 2.65. The van der Waals surface area contributed by atoms with Gasteiger partial charge < -0.3 is 4.98 Å². The van der Waals surface area contributed by atoms with Gasteiger partial charge in [0.15, 0.2) is 0 Å². The van der Waals surface area contributed by atoms with Crippen molar-refractivity contribution in [2.24, 2.45) is 0 Å². The largest absolute Gasteiger partial charge is 0.345 e. The predicted molar refractivity (Wildman–Crippen MR) is 49.6 cm³/mol. The van der Waals surface area contributed by atoms with E-state index in [0.717, 1.165) is 16.8 Å². The Kier molecular flexibility index (Phi) is 1.62. The summed E-state index contributed by atoms with van der Waals surface area (Å²) in [5.74, 6) is 0. The second-order valence-electron chi connectivity index (χ2n) is 3.05. The lowest BCUT2D eigenvalue weighted by molar-refractivity contribution is 1.05. The van der Waals surface area contributed by atoms with Crippen LogP contribution >= 0.6 is 0 Å². The minimum absolute atomic E-state index is 0.322. The van der Waals surface area contributed by atoms with E-state index in [1.54, 1.807) is 6.20 Å². The molecule has 0 unspecified atom stereocenters. The number of nitrogens with zero attached hydrogens (tertiary/aromatic N) is 2. The standard InChI is InChI=1S/C9H9N3O/c1-5-3-7-8(10-4-5)6(2)11-9(13)12-7/h3-4H,1-2H3,(H,11,12,13). The summed E-state index contributed by atoms with van der Waals surface area (Å²) in [6.45, 7) is 3.73. The Hall–Kier alpha value is -1.71. The van der Waals surface area contributed by atoms with Crippen molar-refractivity contribution in [2.45, 2.75) is 13.8 Å². The molecule has 0 saturated heterocycles. The quantitative estimate of drug-likeness (QED) is 0.648. The van der Waals surface area contributed by atoms with E-state index in [1.165, 1.54) is 0 Å². The third-order valence-corrected chi connectivity index (χ3v) is 1.88. The van der Waals surface area contributed by atoms with Crippen LogP contribution in [0.5, 0.6) is 0 Å². The van der Waals surface area contributed by atoms with E-state index in [4.69, 9.17) is 0 Å². The number of pyridine rings is 1. The topological polar surface area (TPSA) is 58.6 Å². The van der Waals surface area contributed by atoms with Crippen LogP contribution in [0.3, 0.4) is 0 Å². The van der Waals surface area contributed by atoms with Gasteiger partial charge in [-0.1, -0.05) is 0 Å². The molecule has 0 aliphatic carbocycles. The molecule has 4 heteroatoms. The molecule has 66 valence electrons. The lowest BCUT2D eigenvalue weighted by Gasteiger charge is -1.99. The molecular weight excluding hydrogens is 166 g/mol. The Labute approximate surface area is 74.7 Å². The van der Waals surface area contributed by atoms with Crippen molar-refractivity contribution in [3.8, 4) is 0 Å². The van der Waals surface area contributed by atoms with E-state index in [1.807, 2.05) is 19.9 Å². The highest BCUT2D eigenvalue weighted by Crippen LogP contribution is 2.10. The summed E-state index contributed by atoms with van der Waals surface area (Å²) in [6, 6.07) is 1.85. The molecule has 0 aromatic carbocycles. The van der Waals surface area contributed by atoms with E-state index >= 15 is 0 Å². The molecule has 0 atom stereocenters. The minimum atomic E-state index is -0.322. The molecule has 4 nitrogen and oxygen atoms in total. The average Bonchev–Trinajstić information content (AvgIpc) is 2.02. The number of aromatic nitrogens is 3. The van der Waals surface area contributed by atoms with E-state index in [0.29, 0.717) is 5.52 Å². The van der Waals surface area contributed by atoms with Gasteiger partial charge in [0.1, 0.15) is 5.52 Å². The van der Waals surface area contributed by atoms with Crippen molar-refractivity contribution in [3.63, 3.8) is 0 Å². The Balaban J connectivity index is 2.94. The van der Waals surface area contributed by atoms with Crippen LogP contribution in [-0.2, 0) is 0 Å². The number of aryl methyl sites for hydroxylation is 2. The SMILES string of the molecule is Cc1cnc2c(C)[nH]c(=O)nc2c1. The van der Waals surface area contributed by atoms with Crippen LogP contribution in [0.25, 0.3) is 11.0 Å². The van der Waals surface area contributed by atoms with Crippen LogP contribution in [0.15, 0.2) is 17.1 Å². The maximum Gasteiger partial charge on any atom is 0.345 e. The normalized spacial score (nSPS) is 10.6. The van der Waals surface area contributed by atoms with Crippen LogP contribution in [-0.4, -0.2) is 15.0 Å². The first-order valence-electron chi connectivity index (χ1n) is 4.00. The number of hydrogen-bond donors (Lipinski definition) is 1. The van der Waals surface area contributed by atoms with Crippen molar-refractivity contribution in [2.75, 3.05) is 0 Å². The van der Waals surface area contributed by atoms with Gasteiger partial charge in [-0.05, 0) is 25.5 Å². The number of H-pyrrole nitrogens is 1. The maximum absolute atomic E-state index is 11.0. The van der Waals surface area contributed by atoms with Crippen LogP contribution in [0, 0.1) is 13.8 Å². The van der Waals surface area contributed by atoms with Crippen molar-refractivity contribution < 1.29 is 0 Å². The zero-order chi connectivity index (χ0) is 9.42. The number of nitrogens with one attached hydrogen (secondary N) is 1. The Morgan fingerprint density at radius 1 is 1.38 bits per heavy atom. The van der Waals surface area contributed by atoms with Gasteiger partial charge in [0.25, 0.3) is 0 Å². The molecule has 2 rings (SSSR count). The molecule has 2 heterocycles. The summed E-state index contributed by atoms with van der Waals surface area (Å²) < 4.78 is 0. The third kappa shape index (κ3) is 1.30. The van der Waals surface area contributed by atoms with Crippen LogP contribution < -0.4 is 5.69 Å². The maximum atomic E-state index is 11.0. The summed E-state index contributed by atoms with van der Waals surface area (Å²) in [4.78, 5) is 21.6. The fraction of sp³-hybridized carbons (Fsp3) is 0.222. The molecule has 0 bridgehead atoms. The number of hydrogen-bond acceptors (Lipinski definition) is 3. The monoisotopic (exact) mass is 175 g/mol. The molecular formula is C9H9N3O. The predicted octanol–water partition coefficient (Wildman–Crippen LogP) is 0.935. The van der Waals surface area contributed by atoms with Crippen LogP contribution in [0.1, 0.15) is 11.3 Å². The summed E-state index contributed by atoms with van der Waals surface area (Å²) >= 11 is 0. The molecule has 0 saturated carbocycles. The fourth-order valence-electron chi connectivity index (χ4n) is 1.28. The Morgan fingerprint density at radius 3 is 2.92 bits per heavy atom. The summed E-state index contributed by atoms with van der Waals surface area (Å²) in [7, 11) is 0. The van der Waals surface area contributed by atoms with Gasteiger partial charge in [-0.25, -0.2) is 4.79 Å². The molecule has 0 aliphatic rings. The highest BCUT2D eigenvalue weighted by atomic mass is 16.1. The van der Waals surface area contributed by atoms with Crippen molar-refractivity contribution in [1.82, 2.24) is 15.0 Å². The van der Waals surface area contributed by atoms with Gasteiger partial charge in [-0.15, -0.1) is 0 Å². The van der Waals surface area contributed by atoms with Gasteiger partial charge in [0.05, 0.1) is 5.52 Å². The van der Waals surface area contributed by atoms with E-state index in [2.05, 4.69) is 15.0 Å². The Bertz CT molecular complexity index is 516. The number of fused-ring (bicyclic) bond motifs is 1. The smallest absolute Gasteiger partial charge is 0.308 e. The number of rotatable bonds is 0. The number of aromatic amines is 1. The lowest BCUT2D eigenvalue weighted by Crippen LogP contribution is -2.12. The van der Waals surface area contributed by atoms with Crippen LogP contribution in [0.4, 0.5) is 0 Å². The first kappa shape index (κ1) is 7.91. The van der Waals surface area contributed by atoms with E-state index in [9.17, 15) is 4.79 Å². The zero-order valence-corrected chi connectivity index (χ0v) is 7.46. The first-order chi connectivity index (χ1) is 6.16. The molecule has 13 heavy (non-hydrogen) atoms. The van der Waals surface area contributed by atoms with Crippen LogP contribution in [0.2, 0.25) is 0 Å². The zero-order valence-electron chi connectivity index (χ0n) is 7.46. The molecule has 1 N–H and O–H groups in total. The van der Waals surface area contributed by atoms with Crippen molar-refractivity contribution in [3.05, 3.63) is 34.0 Å². The highest BCUT2D eigenvalue weighted by molar-refractivity contribution is 5.76. The van der Waals surface area contributed by atoms with Gasteiger partial charge in [-0.3, -0.25) is 4.98 Å². The van der Waals surface area contributed by atoms with Crippen molar-refractivity contribution >= 4 is 11.0 Å².